The molecule has 0 aliphatic heterocycles. The lowest BCUT2D eigenvalue weighted by molar-refractivity contribution is -0.144. The Morgan fingerprint density at radius 1 is 0.371 bits per heavy atom. The third kappa shape index (κ3) is 46.7. The van der Waals surface area contributed by atoms with E-state index in [0.29, 0.717) is 11.1 Å². The number of hydrogen-bond donors (Lipinski definition) is 30. The van der Waals surface area contributed by atoms with E-state index in [1.807, 2.05) is 0 Å². The zero-order valence-corrected chi connectivity index (χ0v) is 81.1. The minimum atomic E-state index is -4.03. The highest BCUT2D eigenvalue weighted by Crippen LogP contribution is 2.18. The summed E-state index contributed by atoms with van der Waals surface area (Å²) in [6.07, 6.45) is -10.5. The predicted molar refractivity (Wildman–Crippen MR) is 504 cm³/mol. The van der Waals surface area contributed by atoms with Crippen molar-refractivity contribution in [1.29, 1.82) is 5.41 Å². The number of aliphatic hydroxyl groups is 5. The van der Waals surface area contributed by atoms with Crippen LogP contribution < -0.4 is 107 Å². The molecule has 33 N–H and O–H groups in total. The number of rotatable bonds is 67. The number of hydrogen-bond acceptors (Lipinski definition) is 30. The van der Waals surface area contributed by atoms with E-state index in [4.69, 9.17) is 27.3 Å². The molecule has 0 aliphatic carbocycles. The van der Waals surface area contributed by atoms with Crippen LogP contribution in [0.1, 0.15) is 161 Å². The first kappa shape index (κ1) is 123. The molecule has 3 aromatic rings. The third-order valence-electron chi connectivity index (χ3n) is 21.2. The number of guanidine groups is 1. The van der Waals surface area contributed by atoms with Gasteiger partial charge in [0, 0.05) is 38.8 Å². The largest absolute Gasteiger partial charge is 0.508 e. The molecule has 0 spiro atoms. The van der Waals surface area contributed by atoms with Crippen molar-refractivity contribution < 1.29 is 155 Å². The molecule has 0 aliphatic rings. The fourth-order valence-corrected chi connectivity index (χ4v) is 14.7. The number of carbonyl (C=O) groups excluding carboxylic acids is 17. The lowest BCUT2D eigenvalue weighted by atomic mass is 10.0. The van der Waals surface area contributed by atoms with Crippen LogP contribution in [0.2, 0.25) is 0 Å². The summed E-state index contributed by atoms with van der Waals surface area (Å²) in [6.45, 7) is 6.80. The first-order valence-corrected chi connectivity index (χ1v) is 47.2. The Bertz CT molecular complexity index is 4940. The van der Waals surface area contributed by atoms with Gasteiger partial charge in [0.05, 0.1) is 43.8 Å². The molecule has 0 fully saturated rings. The maximum atomic E-state index is 14.5. The summed E-state index contributed by atoms with van der Waals surface area (Å²) in [7, 11) is -4.03. The van der Waals surface area contributed by atoms with Gasteiger partial charge in [-0.2, -0.15) is 0 Å². The minimum absolute atomic E-state index is 0.00677. The van der Waals surface area contributed by atoms with E-state index >= 15 is 0 Å². The molecular weight excluding hydrogens is 1910 g/mol. The first-order valence-electron chi connectivity index (χ1n) is 45.7. The lowest BCUT2D eigenvalue weighted by Gasteiger charge is -2.29. The zero-order valence-electron chi connectivity index (χ0n) is 80.3. The molecule has 0 bridgehead atoms. The van der Waals surface area contributed by atoms with Gasteiger partial charge in [0.15, 0.2) is 5.96 Å². The van der Waals surface area contributed by atoms with Crippen LogP contribution in [0.3, 0.4) is 0 Å². The number of benzene rings is 3. The van der Waals surface area contributed by atoms with E-state index in [-0.39, 0.29) is 88.1 Å². The number of carboxylic acids is 3. The number of phenolic OH excluding ortho intramolecular Hbond substituents is 1. The molecule has 54 heteroatoms. The predicted octanol–water partition coefficient (Wildman–Crippen LogP) is -7.82. The number of aryl methyl sites for hydroxylation is 1. The van der Waals surface area contributed by atoms with Crippen LogP contribution in [0.4, 0.5) is 4.79 Å². The number of ether oxygens (including phenoxy) is 1. The Kier molecular flexibility index (Phi) is 53.9. The number of primary amides is 2. The number of phenols is 1. The molecule has 794 valence electrons. The summed E-state index contributed by atoms with van der Waals surface area (Å²) in [5, 5.41) is 136. The average molecular weight is 2040 g/mol. The molecular formula is C89H135N21O32S. The number of nitrogens with two attached hydrogens (primary N) is 3. The Labute approximate surface area is 823 Å². The molecule has 3 aromatic carbocycles. The average Bonchev–Trinajstić information content (AvgIpc) is 0.859. The second kappa shape index (κ2) is 62.7. The first-order chi connectivity index (χ1) is 67.2. The highest BCUT2D eigenvalue weighted by atomic mass is 32.2. The maximum absolute atomic E-state index is 14.5. The van der Waals surface area contributed by atoms with Gasteiger partial charge in [0.25, 0.3) is 0 Å². The Morgan fingerprint density at radius 2 is 0.720 bits per heavy atom. The summed E-state index contributed by atoms with van der Waals surface area (Å²) in [4.78, 5) is 272. The van der Waals surface area contributed by atoms with Crippen LogP contribution >= 0.6 is 0 Å². The van der Waals surface area contributed by atoms with E-state index < -0.39 is 320 Å². The molecule has 0 aromatic heterocycles. The fourth-order valence-electron chi connectivity index (χ4n) is 13.6. The van der Waals surface area contributed by atoms with Gasteiger partial charge in [-0.15, -0.1) is 0 Å². The van der Waals surface area contributed by atoms with Crippen LogP contribution in [0.5, 0.6) is 5.75 Å². The second-order valence-electron chi connectivity index (χ2n) is 34.8. The number of amides is 17. The van der Waals surface area contributed by atoms with Crippen LogP contribution in [0.15, 0.2) is 83.8 Å². The highest BCUT2D eigenvalue weighted by molar-refractivity contribution is 7.89. The Morgan fingerprint density at radius 3 is 1.10 bits per heavy atom. The van der Waals surface area contributed by atoms with Crippen LogP contribution in [-0.4, -0.2) is 315 Å². The van der Waals surface area contributed by atoms with Crippen molar-refractivity contribution in [3.8, 4) is 5.75 Å². The van der Waals surface area contributed by atoms with Gasteiger partial charge < -0.3 is 153 Å². The SMILES string of the molecule is Cc1ccc(S(=O)(=O)NCCCC[C@H](NC(=O)[C@H](CO)NC(=O)[C@H](CCCNC(=N)N)NC(=O)[C@H](CC(C)C)NC(=O)[C@H](CO)NC(=O)[C@H](CCC(=O)O)NC(=O)[C@H](CCC(N)=O)NC(=O)[C@H](CC(C)C)NC(=O)[C@H](CC(N)=O)NC(=O)[C@@H](NC(=O)[C@H](CO)NC(=O)[C@H](CC(C)C)NC(=O)[C@H](CO)NC(=O)[C@H](Cc2ccc(O)cc2)NC(=O)OCc2ccccc2)[C@@H](C)O)C(=O)N[C@@H](CCC(=O)O)C(=O)O)cc1. The van der Waals surface area contributed by atoms with E-state index in [2.05, 4.69) is 89.8 Å². The molecule has 143 heavy (non-hydrogen) atoms. The minimum Gasteiger partial charge on any atom is -0.508 e. The number of unbranched alkanes of at least 4 members (excludes halogenated alkanes) is 1. The molecule has 0 saturated heterocycles. The van der Waals surface area contributed by atoms with Gasteiger partial charge in [-0.1, -0.05) is 102 Å². The van der Waals surface area contributed by atoms with Gasteiger partial charge in [0.2, 0.25) is 105 Å². The molecule has 53 nitrogen and oxygen atoms in total. The topological polar surface area (TPSA) is 873 Å². The summed E-state index contributed by atoms with van der Waals surface area (Å²) < 4.78 is 33.6. The number of aromatic hydroxyl groups is 1. The summed E-state index contributed by atoms with van der Waals surface area (Å²) in [5.41, 5.74) is 18.2. The zero-order chi connectivity index (χ0) is 108. The standard InChI is InChI=1S/C89H135N21O32S/c1-45(2)35-59(101-81(131)63(39-69(91)118)104-86(136)72(49(8)115)110-85(135)67(43-114)108-79(129)61(37-47(5)6)103-84(134)66(42-113)107-80(130)62(38-50-21-23-52(116)24-22-50)109-89(139)142-44-51-15-10-9-11-16-51)78(128)99-56(27-30-68(90)117)75(125)98-57(28-31-70(119)120)76(126)106-65(41-112)83(133)102-60(36-46(3)4)77(127)96-55(18-14-33-94-88(92)93)74(124)105-64(40-111)82(132)97-54(73(123)100-58(87(137)138)29-32-71(121)122)17-12-13-34-95-143(140,141)53-25-19-48(7)20-26-53/h9-11,15-16,19-26,45-47,49,54-67,72,95,111-116H,12-14,17-18,27-44H2,1-8H3,(H2,90,117)(H2,91,118)(H,96,127)(H,97,132)(H,98,125)(H,99,128)(H,100,123)(H,101,131)(H,102,133)(H,103,134)(H,104,136)(H,105,124)(H,106,126)(H,107,130)(H,108,129)(H,109,139)(H,110,135)(H,119,120)(H,121,122)(H,137,138)(H4,92,93,94)/t49-,54+,55+,56+,57+,58+,59+,60+,61+,62+,63+,64+,65+,66+,67+,72+/m1/s1. The highest BCUT2D eigenvalue weighted by Gasteiger charge is 2.41. The van der Waals surface area contributed by atoms with Gasteiger partial charge in [-0.05, 0) is 138 Å². The van der Waals surface area contributed by atoms with Crippen molar-refractivity contribution >= 4 is 134 Å². The quantitative estimate of drug-likeness (QED) is 0.0142. The fraction of sp³-hybridized carbons (Fsp3) is 0.562. The second-order valence-corrected chi connectivity index (χ2v) is 36.6. The van der Waals surface area contributed by atoms with E-state index in [1.54, 1.807) is 90.9 Å². The summed E-state index contributed by atoms with van der Waals surface area (Å²) in [6, 6.07) is -8.17. The van der Waals surface area contributed by atoms with Gasteiger partial charge in [-0.3, -0.25) is 91.7 Å². The summed E-state index contributed by atoms with van der Waals surface area (Å²) >= 11 is 0. The van der Waals surface area contributed by atoms with E-state index in [0.717, 1.165) is 12.5 Å². The number of aliphatic carboxylic acids is 3. The number of nitrogens with one attached hydrogen (secondary N) is 18. The molecule has 16 atom stereocenters. The number of sulfonamides is 1. The van der Waals surface area contributed by atoms with E-state index in [1.165, 1.54) is 36.4 Å². The molecule has 0 heterocycles. The number of aliphatic hydroxyl groups excluding tert-OH is 5. The van der Waals surface area contributed by atoms with Crippen molar-refractivity contribution in [1.82, 2.24) is 89.8 Å². The van der Waals surface area contributed by atoms with Crippen LogP contribution in [0, 0.1) is 30.1 Å². The molecule has 0 saturated carbocycles. The van der Waals surface area contributed by atoms with Crippen molar-refractivity contribution in [2.24, 2.45) is 35.0 Å². The van der Waals surface area contributed by atoms with Crippen LogP contribution in [-0.2, 0) is 119 Å². The van der Waals surface area contributed by atoms with Crippen molar-refractivity contribution in [2.75, 3.05) is 39.5 Å². The molecule has 3 rings (SSSR count). The molecule has 17 amide bonds. The maximum Gasteiger partial charge on any atom is 0.408 e. The van der Waals surface area contributed by atoms with Crippen LogP contribution in [0.25, 0.3) is 0 Å². The van der Waals surface area contributed by atoms with E-state index in [9.17, 15) is 150 Å². The van der Waals surface area contributed by atoms with Crippen molar-refractivity contribution in [3.63, 3.8) is 0 Å². The van der Waals surface area contributed by atoms with Gasteiger partial charge >= 0.3 is 24.0 Å². The van der Waals surface area contributed by atoms with Gasteiger partial charge in [-0.25, -0.2) is 22.7 Å². The lowest BCUT2D eigenvalue weighted by Crippen LogP contribution is -2.63. The smallest absolute Gasteiger partial charge is 0.408 e. The number of carbonyl (C=O) groups is 20. The summed E-state index contributed by atoms with van der Waals surface area (Å²) in [5.74, 6) is -26.9. The van der Waals surface area contributed by atoms with Gasteiger partial charge in [0.1, 0.15) is 103 Å². The number of alkyl carbamates (subject to hydrolysis) is 1. The molecule has 0 unspecified atom stereocenters. The normalized spacial score (nSPS) is 14.6. The van der Waals surface area contributed by atoms with Crippen molar-refractivity contribution in [2.45, 2.75) is 266 Å². The number of carboxylic acid groups (broad SMARTS) is 3. The Hall–Kier alpha value is -14.4. The monoisotopic (exact) mass is 2040 g/mol. The third-order valence-corrected chi connectivity index (χ3v) is 22.7. The Balaban J connectivity index is 1.89. The molecule has 0 radical (unpaired) electrons. The van der Waals surface area contributed by atoms with Crippen molar-refractivity contribution in [3.05, 3.63) is 95.6 Å².